The molecule has 3 heteroatoms. The number of nitrogens with zero attached hydrogens (tertiary/aromatic N) is 1. The molecule has 24 heavy (non-hydrogen) atoms. The van der Waals surface area contributed by atoms with Crippen LogP contribution in [0.15, 0.2) is 60.8 Å². The van der Waals surface area contributed by atoms with Crippen molar-refractivity contribution in [3.63, 3.8) is 0 Å². The van der Waals surface area contributed by atoms with Gasteiger partial charge in [-0.05, 0) is 54.3 Å². The molecule has 0 spiro atoms. The zero-order valence-corrected chi connectivity index (χ0v) is 14.5. The fourth-order valence-electron chi connectivity index (χ4n) is 2.94. The maximum Gasteiger partial charge on any atom is 0.234 e. The first-order valence-corrected chi connectivity index (χ1v) is 8.35. The average Bonchev–Trinajstić information content (AvgIpc) is 2.81. The number of hydrogen-bond acceptors (Lipinski definition) is 2. The molecule has 1 amide bonds. The Kier molecular flexibility index (Phi) is 4.43. The van der Waals surface area contributed by atoms with E-state index >= 15 is 0 Å². The highest BCUT2D eigenvalue weighted by atomic mass is 16.5. The van der Waals surface area contributed by atoms with Crippen LogP contribution in [-0.4, -0.2) is 5.91 Å². The Morgan fingerprint density at radius 2 is 1.58 bits per heavy atom. The van der Waals surface area contributed by atoms with Crippen LogP contribution in [0.2, 0.25) is 0 Å². The molecule has 1 saturated heterocycles. The molecule has 1 aliphatic rings. The molecule has 0 radical (unpaired) electrons. The second-order valence-electron chi connectivity index (χ2n) is 6.66. The van der Waals surface area contributed by atoms with Crippen molar-refractivity contribution in [3.8, 4) is 11.5 Å². The van der Waals surface area contributed by atoms with Crippen molar-refractivity contribution >= 4 is 11.6 Å². The van der Waals surface area contributed by atoms with Crippen LogP contribution in [0.3, 0.4) is 0 Å². The maximum absolute atomic E-state index is 12.2. The van der Waals surface area contributed by atoms with E-state index in [2.05, 4.69) is 32.6 Å². The van der Waals surface area contributed by atoms with Gasteiger partial charge in [0.25, 0.3) is 0 Å². The van der Waals surface area contributed by atoms with Crippen molar-refractivity contribution in [1.29, 1.82) is 0 Å². The van der Waals surface area contributed by atoms with Crippen LogP contribution >= 0.6 is 0 Å². The zero-order valence-electron chi connectivity index (χ0n) is 14.5. The highest BCUT2D eigenvalue weighted by molar-refractivity contribution is 6.00. The molecule has 1 atom stereocenters. The first-order valence-electron chi connectivity index (χ1n) is 8.35. The molecule has 2 aromatic rings. The molecule has 0 aromatic heterocycles. The van der Waals surface area contributed by atoms with E-state index in [0.29, 0.717) is 5.92 Å². The molecule has 0 N–H and O–H groups in total. The highest BCUT2D eigenvalue weighted by Gasteiger charge is 2.32. The van der Waals surface area contributed by atoms with Gasteiger partial charge in [-0.2, -0.15) is 0 Å². The molecule has 3 nitrogen and oxygen atoms in total. The van der Waals surface area contributed by atoms with Gasteiger partial charge in [-0.15, -0.1) is 0 Å². The number of allylic oxidation sites excluding steroid dienone is 1. The summed E-state index contributed by atoms with van der Waals surface area (Å²) in [6.07, 6.45) is 0.722. The van der Waals surface area contributed by atoms with Crippen LogP contribution in [0.1, 0.15) is 38.7 Å². The van der Waals surface area contributed by atoms with E-state index in [-0.39, 0.29) is 11.8 Å². The minimum atomic E-state index is 0.00731. The van der Waals surface area contributed by atoms with Gasteiger partial charge in [-0.1, -0.05) is 39.5 Å². The Balaban J connectivity index is 1.73. The van der Waals surface area contributed by atoms with E-state index < -0.39 is 0 Å². The Hall–Kier alpha value is -2.55. The number of anilines is 1. The van der Waals surface area contributed by atoms with Gasteiger partial charge in [-0.3, -0.25) is 9.69 Å². The lowest BCUT2D eigenvalue weighted by molar-refractivity contribution is -0.119. The topological polar surface area (TPSA) is 29.5 Å². The van der Waals surface area contributed by atoms with Crippen molar-refractivity contribution < 1.29 is 9.53 Å². The van der Waals surface area contributed by atoms with Crippen LogP contribution < -0.4 is 9.64 Å². The first-order chi connectivity index (χ1) is 11.5. The minimum absolute atomic E-state index is 0.00731. The Bertz CT molecular complexity index is 744. The van der Waals surface area contributed by atoms with Gasteiger partial charge in [0.05, 0.1) is 0 Å². The molecule has 2 aromatic carbocycles. The molecule has 1 unspecified atom stereocenters. The number of carbonyl (C=O) groups excluding carboxylic acids is 1. The fourth-order valence-corrected chi connectivity index (χ4v) is 2.94. The maximum atomic E-state index is 12.2. The number of rotatable bonds is 4. The molecule has 124 valence electrons. The zero-order chi connectivity index (χ0) is 17.3. The van der Waals surface area contributed by atoms with Gasteiger partial charge < -0.3 is 4.74 Å². The largest absolute Gasteiger partial charge is 0.457 e. The van der Waals surface area contributed by atoms with Gasteiger partial charge in [0.15, 0.2) is 0 Å². The van der Waals surface area contributed by atoms with E-state index in [1.165, 1.54) is 5.56 Å². The van der Waals surface area contributed by atoms with Crippen molar-refractivity contribution in [3.05, 3.63) is 66.4 Å². The van der Waals surface area contributed by atoms with E-state index in [9.17, 15) is 4.79 Å². The summed E-state index contributed by atoms with van der Waals surface area (Å²) in [5, 5.41) is 0. The summed E-state index contributed by atoms with van der Waals surface area (Å²) in [5.74, 6) is 2.18. The van der Waals surface area contributed by atoms with Crippen molar-refractivity contribution in [2.75, 3.05) is 4.90 Å². The van der Waals surface area contributed by atoms with Crippen LogP contribution in [0.4, 0.5) is 5.69 Å². The molecular weight excluding hydrogens is 298 g/mol. The van der Waals surface area contributed by atoms with E-state index in [4.69, 9.17) is 4.74 Å². The molecule has 1 fully saturated rings. The van der Waals surface area contributed by atoms with Crippen LogP contribution in [0, 0.1) is 5.92 Å². The number of carbonyl (C=O) groups is 1. The Morgan fingerprint density at radius 3 is 2.04 bits per heavy atom. The average molecular weight is 321 g/mol. The molecule has 3 rings (SSSR count). The summed E-state index contributed by atoms with van der Waals surface area (Å²) >= 11 is 0. The molecule has 0 saturated carbocycles. The summed E-state index contributed by atoms with van der Waals surface area (Å²) in [4.78, 5) is 13.9. The van der Waals surface area contributed by atoms with Crippen molar-refractivity contribution in [2.45, 2.75) is 33.1 Å². The summed E-state index contributed by atoms with van der Waals surface area (Å²) in [6.45, 7) is 10.3. The lowest BCUT2D eigenvalue weighted by atomic mass is 10.0. The number of ether oxygens (including phenoxy) is 1. The van der Waals surface area contributed by atoms with Crippen molar-refractivity contribution in [2.24, 2.45) is 5.92 Å². The SMILES string of the molecule is C=C1CC(C)C(=O)N1c1ccc(Oc2ccc(C(C)C)cc2)cc1. The molecule has 0 aliphatic carbocycles. The standard InChI is InChI=1S/C21H23NO2/c1-14(2)17-5-9-19(10-6-17)24-20-11-7-18(8-12-20)22-16(4)13-15(3)21(22)23/h5-12,14-15H,4,13H2,1-3H3. The number of amides is 1. The predicted octanol–water partition coefficient (Wildman–Crippen LogP) is 5.49. The third-order valence-electron chi connectivity index (χ3n) is 4.38. The van der Waals surface area contributed by atoms with E-state index in [1.807, 2.05) is 43.3 Å². The van der Waals surface area contributed by atoms with Gasteiger partial charge in [0.1, 0.15) is 11.5 Å². The lowest BCUT2D eigenvalue weighted by Gasteiger charge is -2.18. The van der Waals surface area contributed by atoms with E-state index in [0.717, 1.165) is 29.3 Å². The van der Waals surface area contributed by atoms with Crippen molar-refractivity contribution in [1.82, 2.24) is 0 Å². The highest BCUT2D eigenvalue weighted by Crippen LogP contribution is 2.33. The fraction of sp³-hybridized carbons (Fsp3) is 0.286. The molecule has 1 heterocycles. The van der Waals surface area contributed by atoms with Gasteiger partial charge >= 0.3 is 0 Å². The first kappa shape index (κ1) is 16.3. The smallest absolute Gasteiger partial charge is 0.234 e. The third kappa shape index (κ3) is 3.21. The van der Waals surface area contributed by atoms with E-state index in [1.54, 1.807) is 4.90 Å². The van der Waals surface area contributed by atoms with Gasteiger partial charge in [0, 0.05) is 17.3 Å². The predicted molar refractivity (Wildman–Crippen MR) is 97.5 cm³/mol. The minimum Gasteiger partial charge on any atom is -0.457 e. The van der Waals surface area contributed by atoms with Crippen LogP contribution in [0.25, 0.3) is 0 Å². The Labute approximate surface area is 143 Å². The lowest BCUT2D eigenvalue weighted by Crippen LogP contribution is -2.24. The monoisotopic (exact) mass is 321 g/mol. The normalized spacial score (nSPS) is 17.7. The van der Waals surface area contributed by atoms with Crippen LogP contribution in [-0.2, 0) is 4.79 Å². The second-order valence-corrected chi connectivity index (χ2v) is 6.66. The summed E-state index contributed by atoms with van der Waals surface area (Å²) in [5.41, 5.74) is 2.99. The summed E-state index contributed by atoms with van der Waals surface area (Å²) < 4.78 is 5.88. The summed E-state index contributed by atoms with van der Waals surface area (Å²) in [7, 11) is 0. The van der Waals surface area contributed by atoms with Gasteiger partial charge in [0.2, 0.25) is 5.91 Å². The second kappa shape index (κ2) is 6.52. The number of benzene rings is 2. The number of hydrogen-bond donors (Lipinski definition) is 0. The quantitative estimate of drug-likeness (QED) is 0.745. The third-order valence-corrected chi connectivity index (χ3v) is 4.38. The van der Waals surface area contributed by atoms with Crippen LogP contribution in [0.5, 0.6) is 11.5 Å². The van der Waals surface area contributed by atoms with Gasteiger partial charge in [-0.25, -0.2) is 0 Å². The Morgan fingerprint density at radius 1 is 1.04 bits per heavy atom. The molecule has 1 aliphatic heterocycles. The summed E-state index contributed by atoms with van der Waals surface area (Å²) in [6, 6.07) is 15.7. The molecular formula is C21H23NO2. The molecule has 0 bridgehead atoms.